The van der Waals surface area contributed by atoms with Crippen molar-refractivity contribution in [2.75, 3.05) is 20.3 Å². The van der Waals surface area contributed by atoms with Crippen LogP contribution >= 0.6 is 0 Å². The summed E-state index contributed by atoms with van der Waals surface area (Å²) in [5, 5.41) is 0. The zero-order valence-corrected chi connectivity index (χ0v) is 31.0. The number of hydrogen-bond acceptors (Lipinski definition) is 6. The van der Waals surface area contributed by atoms with Crippen LogP contribution < -0.4 is 4.74 Å². The van der Waals surface area contributed by atoms with Gasteiger partial charge in [-0.3, -0.25) is 4.79 Å². The van der Waals surface area contributed by atoms with Crippen molar-refractivity contribution in [1.29, 1.82) is 0 Å². The summed E-state index contributed by atoms with van der Waals surface area (Å²) in [5.41, 5.74) is 3.83. The van der Waals surface area contributed by atoms with Gasteiger partial charge in [0.25, 0.3) is 0 Å². The predicted octanol–water partition coefficient (Wildman–Crippen LogP) is 9.08. The number of carbonyl (C=O) groups is 1. The zero-order valence-electron chi connectivity index (χ0n) is 29.0. The molecule has 2 rings (SSSR count). The first kappa shape index (κ1) is 37.2. The fourth-order valence-electron chi connectivity index (χ4n) is 7.65. The van der Waals surface area contributed by atoms with Gasteiger partial charge in [-0.05, 0) is 63.8 Å². The molecule has 6 nitrogen and oxygen atoms in total. The smallest absolute Gasteiger partial charge is 0.201 e. The van der Waals surface area contributed by atoms with E-state index in [1.54, 1.807) is 7.11 Å². The molecule has 1 aromatic rings. The number of ether oxygens (including phenoxy) is 3. The lowest BCUT2D eigenvalue weighted by atomic mass is 10.1. The lowest BCUT2D eigenvalue weighted by molar-refractivity contribution is -0.132. The molecule has 0 aromatic heterocycles. The number of ketones is 1. The summed E-state index contributed by atoms with van der Waals surface area (Å²) in [6.07, 6.45) is 1.18. The summed E-state index contributed by atoms with van der Waals surface area (Å²) in [6.45, 7) is 28.5. The molecular formula is C34H62O6Si2. The van der Waals surface area contributed by atoms with Gasteiger partial charge < -0.3 is 23.1 Å². The topological polar surface area (TPSA) is 66.5 Å². The van der Waals surface area contributed by atoms with Crippen LogP contribution in [0.4, 0.5) is 0 Å². The second-order valence-corrected chi connectivity index (χ2v) is 25.0. The second-order valence-electron chi connectivity index (χ2n) is 14.2. The molecule has 0 N–H and O–H groups in total. The molecule has 8 heteroatoms. The summed E-state index contributed by atoms with van der Waals surface area (Å²) >= 11 is 0. The van der Waals surface area contributed by atoms with Gasteiger partial charge in [0, 0.05) is 0 Å². The molecule has 1 fully saturated rings. The molecule has 0 radical (unpaired) electrons. The van der Waals surface area contributed by atoms with Crippen molar-refractivity contribution in [3.8, 4) is 5.75 Å². The van der Waals surface area contributed by atoms with Gasteiger partial charge in [-0.15, -0.1) is 0 Å². The van der Waals surface area contributed by atoms with Gasteiger partial charge in [-0.2, -0.15) is 0 Å². The molecule has 0 saturated carbocycles. The maximum absolute atomic E-state index is 13.7. The minimum absolute atomic E-state index is 0.0293. The normalized spacial score (nSPS) is 18.6. The fourth-order valence-corrected chi connectivity index (χ4v) is 18.7. The van der Waals surface area contributed by atoms with E-state index in [2.05, 4.69) is 83.1 Å². The highest BCUT2D eigenvalue weighted by molar-refractivity contribution is 6.78. The Bertz CT molecular complexity index is 900. The van der Waals surface area contributed by atoms with E-state index in [1.165, 1.54) is 0 Å². The van der Waals surface area contributed by atoms with Crippen LogP contribution in [-0.2, 0) is 29.7 Å². The van der Waals surface area contributed by atoms with Gasteiger partial charge in [0.15, 0.2) is 14.1 Å². The van der Waals surface area contributed by atoms with Crippen molar-refractivity contribution in [3.05, 3.63) is 29.8 Å². The fraction of sp³-hybridized carbons (Fsp3) is 0.794. The highest BCUT2D eigenvalue weighted by Gasteiger charge is 2.50. The third-order valence-electron chi connectivity index (χ3n) is 9.69. The van der Waals surface area contributed by atoms with Crippen LogP contribution in [0.2, 0.25) is 33.2 Å². The van der Waals surface area contributed by atoms with Gasteiger partial charge in [-0.25, -0.2) is 0 Å². The first-order chi connectivity index (χ1) is 19.6. The summed E-state index contributed by atoms with van der Waals surface area (Å²) in [4.78, 5) is 13.7. The van der Waals surface area contributed by atoms with Crippen molar-refractivity contribution in [1.82, 2.24) is 0 Å². The highest BCUT2D eigenvalue weighted by Crippen LogP contribution is 2.45. The molecule has 1 saturated heterocycles. The molecule has 1 aliphatic heterocycles. The average Bonchev–Trinajstić information content (AvgIpc) is 3.66. The van der Waals surface area contributed by atoms with E-state index in [9.17, 15) is 4.79 Å². The molecule has 0 amide bonds. The van der Waals surface area contributed by atoms with Crippen LogP contribution in [0, 0.1) is 0 Å². The lowest BCUT2D eigenvalue weighted by Gasteiger charge is -2.44. The molecule has 1 aromatic carbocycles. The summed E-state index contributed by atoms with van der Waals surface area (Å²) in [5.74, 6) is 0.832. The number of methoxy groups -OCH3 is 1. The molecule has 3 atom stereocenters. The predicted molar refractivity (Wildman–Crippen MR) is 178 cm³/mol. The van der Waals surface area contributed by atoms with Crippen LogP contribution in [0.5, 0.6) is 5.75 Å². The largest absolute Gasteiger partial charge is 0.497 e. The molecule has 42 heavy (non-hydrogen) atoms. The van der Waals surface area contributed by atoms with Crippen molar-refractivity contribution < 1.29 is 27.9 Å². The Labute approximate surface area is 259 Å². The molecule has 0 aliphatic carbocycles. The van der Waals surface area contributed by atoms with Crippen molar-refractivity contribution in [2.24, 2.45) is 0 Å². The third kappa shape index (κ3) is 9.01. The van der Waals surface area contributed by atoms with Gasteiger partial charge >= 0.3 is 0 Å². The third-order valence-corrected chi connectivity index (χ3v) is 21.9. The molecular weight excluding hydrogens is 561 g/mol. The van der Waals surface area contributed by atoms with E-state index < -0.39 is 22.7 Å². The summed E-state index contributed by atoms with van der Waals surface area (Å²) in [7, 11) is -2.55. The van der Waals surface area contributed by atoms with E-state index in [0.29, 0.717) is 52.9 Å². The monoisotopic (exact) mass is 622 g/mol. The standard InChI is InChI=1S/C34H62O6Si2/c1-23(2)41(24(3)4,25(5)6)38-22-34-33(39-34)19-18-32(40-42(26(7)8,27(9)10)28(11)12)31(35)21-37-20-29-14-16-30(36-13)17-15-29/h14-17,23-28,32-34H,18-22H2,1-13H3. The number of Topliss-reactive ketones (excluding diaryl/α,β-unsaturated/α-hetero) is 1. The minimum Gasteiger partial charge on any atom is -0.497 e. The number of carbonyl (C=O) groups excluding carboxylic acids is 1. The van der Waals surface area contributed by atoms with Crippen molar-refractivity contribution >= 4 is 22.4 Å². The van der Waals surface area contributed by atoms with E-state index in [0.717, 1.165) is 17.7 Å². The van der Waals surface area contributed by atoms with E-state index in [-0.39, 0.29) is 24.6 Å². The Balaban J connectivity index is 2.09. The number of benzene rings is 1. The number of hydrogen-bond donors (Lipinski definition) is 0. The lowest BCUT2D eigenvalue weighted by Crippen LogP contribution is -2.52. The molecule has 0 bridgehead atoms. The van der Waals surface area contributed by atoms with Gasteiger partial charge in [0.1, 0.15) is 24.6 Å². The van der Waals surface area contributed by atoms with Crippen LogP contribution in [0.3, 0.4) is 0 Å². The number of epoxide rings is 1. The Hall–Kier alpha value is -1.04. The molecule has 1 heterocycles. The number of rotatable bonds is 20. The van der Waals surface area contributed by atoms with Crippen LogP contribution in [0.1, 0.15) is 101 Å². The first-order valence-corrected chi connectivity index (χ1v) is 20.6. The van der Waals surface area contributed by atoms with Crippen molar-refractivity contribution in [3.63, 3.8) is 0 Å². The van der Waals surface area contributed by atoms with Gasteiger partial charge in [0.05, 0.1) is 26.4 Å². The summed E-state index contributed by atoms with van der Waals surface area (Å²) in [6, 6.07) is 7.75. The Morgan fingerprint density at radius 3 is 1.71 bits per heavy atom. The molecule has 3 unspecified atom stereocenters. The summed E-state index contributed by atoms with van der Waals surface area (Å²) < 4.78 is 31.1. The van der Waals surface area contributed by atoms with Gasteiger partial charge in [-0.1, -0.05) is 95.2 Å². The molecule has 0 spiro atoms. The van der Waals surface area contributed by atoms with E-state index in [1.807, 2.05) is 24.3 Å². The van der Waals surface area contributed by atoms with Crippen molar-refractivity contribution in [2.45, 2.75) is 154 Å². The average molecular weight is 623 g/mol. The second kappa shape index (κ2) is 16.3. The Kier molecular flexibility index (Phi) is 14.4. The SMILES string of the molecule is COc1ccc(COCC(=O)C(CCC2OC2CO[Si](C(C)C)(C(C)C)C(C)C)O[Si](C(C)C)(C(C)C)C(C)C)cc1. The van der Waals surface area contributed by atoms with Crippen LogP contribution in [0.25, 0.3) is 0 Å². The molecule has 242 valence electrons. The van der Waals surface area contributed by atoms with Crippen LogP contribution in [0.15, 0.2) is 24.3 Å². The zero-order chi connectivity index (χ0) is 31.8. The highest BCUT2D eigenvalue weighted by atomic mass is 28.4. The van der Waals surface area contributed by atoms with Crippen LogP contribution in [-0.4, -0.2) is 61.1 Å². The van der Waals surface area contributed by atoms with Gasteiger partial charge in [0.2, 0.25) is 8.32 Å². The van der Waals surface area contributed by atoms with E-state index >= 15 is 0 Å². The minimum atomic E-state index is -2.26. The maximum Gasteiger partial charge on any atom is 0.201 e. The quantitative estimate of drug-likeness (QED) is 0.107. The Morgan fingerprint density at radius 1 is 0.762 bits per heavy atom. The maximum atomic E-state index is 13.7. The first-order valence-electron chi connectivity index (χ1n) is 16.3. The van der Waals surface area contributed by atoms with E-state index in [4.69, 9.17) is 23.1 Å². The Morgan fingerprint density at radius 2 is 1.26 bits per heavy atom. The molecule has 1 aliphatic rings.